The predicted molar refractivity (Wildman–Crippen MR) is 127 cm³/mol. The summed E-state index contributed by atoms with van der Waals surface area (Å²) >= 11 is 7.23. The van der Waals surface area contributed by atoms with Crippen molar-refractivity contribution in [3.63, 3.8) is 0 Å². The number of thiophene rings is 1. The SMILES string of the molecule is CCOc1ccccc1N1CCN(C(=S)Nc2sc(C)c(CC)c2C(=O)OC)CC1. The van der Waals surface area contributed by atoms with Gasteiger partial charge in [-0.05, 0) is 50.2 Å². The van der Waals surface area contributed by atoms with Crippen LogP contribution in [0, 0.1) is 6.92 Å². The molecule has 3 rings (SSSR count). The Morgan fingerprint density at radius 2 is 1.90 bits per heavy atom. The number of carbonyl (C=O) groups excluding carboxylic acids is 1. The largest absolute Gasteiger partial charge is 0.492 e. The van der Waals surface area contributed by atoms with Crippen molar-refractivity contribution in [1.29, 1.82) is 0 Å². The Balaban J connectivity index is 1.68. The highest BCUT2D eigenvalue weighted by Gasteiger charge is 2.25. The number of rotatable bonds is 6. The lowest BCUT2D eigenvalue weighted by molar-refractivity contribution is 0.0601. The first-order valence-electron chi connectivity index (χ1n) is 10.2. The highest BCUT2D eigenvalue weighted by Crippen LogP contribution is 2.34. The van der Waals surface area contributed by atoms with Gasteiger partial charge in [0.2, 0.25) is 0 Å². The molecule has 1 aromatic heterocycles. The van der Waals surface area contributed by atoms with E-state index < -0.39 is 0 Å². The number of benzene rings is 1. The molecule has 0 radical (unpaired) electrons. The van der Waals surface area contributed by atoms with Gasteiger partial charge in [-0.2, -0.15) is 0 Å². The van der Waals surface area contributed by atoms with E-state index >= 15 is 0 Å². The zero-order chi connectivity index (χ0) is 21.7. The van der Waals surface area contributed by atoms with Crippen molar-refractivity contribution < 1.29 is 14.3 Å². The maximum Gasteiger partial charge on any atom is 0.341 e. The quantitative estimate of drug-likeness (QED) is 0.523. The van der Waals surface area contributed by atoms with Crippen LogP contribution in [0.25, 0.3) is 0 Å². The average molecular weight is 448 g/mol. The number of aryl methyl sites for hydroxylation is 1. The Bertz CT molecular complexity index is 905. The van der Waals surface area contributed by atoms with E-state index in [0.29, 0.717) is 17.3 Å². The van der Waals surface area contributed by atoms with E-state index in [1.54, 1.807) is 11.3 Å². The third kappa shape index (κ3) is 4.70. The van der Waals surface area contributed by atoms with Gasteiger partial charge in [-0.25, -0.2) is 4.79 Å². The van der Waals surface area contributed by atoms with E-state index in [4.69, 9.17) is 21.7 Å². The Morgan fingerprint density at radius 3 is 2.53 bits per heavy atom. The van der Waals surface area contributed by atoms with Crippen LogP contribution < -0.4 is 15.0 Å². The lowest BCUT2D eigenvalue weighted by atomic mass is 10.1. The van der Waals surface area contributed by atoms with E-state index in [9.17, 15) is 4.79 Å². The smallest absolute Gasteiger partial charge is 0.341 e. The molecule has 1 N–H and O–H groups in total. The molecule has 30 heavy (non-hydrogen) atoms. The molecule has 1 aromatic carbocycles. The normalized spacial score (nSPS) is 13.9. The van der Waals surface area contributed by atoms with Crippen LogP contribution in [-0.4, -0.2) is 55.9 Å². The minimum Gasteiger partial charge on any atom is -0.492 e. The van der Waals surface area contributed by atoms with E-state index in [-0.39, 0.29) is 5.97 Å². The number of piperazine rings is 1. The number of hydrogen-bond acceptors (Lipinski definition) is 6. The maximum atomic E-state index is 12.3. The molecule has 0 unspecified atom stereocenters. The molecule has 8 heteroatoms. The highest BCUT2D eigenvalue weighted by atomic mass is 32.1. The number of methoxy groups -OCH3 is 1. The van der Waals surface area contributed by atoms with Gasteiger partial charge in [0.25, 0.3) is 0 Å². The van der Waals surface area contributed by atoms with Crippen molar-refractivity contribution in [3.05, 3.63) is 40.3 Å². The summed E-state index contributed by atoms with van der Waals surface area (Å²) in [5.41, 5.74) is 2.75. The Morgan fingerprint density at radius 1 is 1.20 bits per heavy atom. The molecular weight excluding hydrogens is 418 g/mol. The fourth-order valence-corrected chi connectivity index (χ4v) is 5.21. The van der Waals surface area contributed by atoms with Crippen molar-refractivity contribution >= 4 is 45.3 Å². The minimum atomic E-state index is -0.321. The van der Waals surface area contributed by atoms with Crippen LogP contribution in [0.4, 0.5) is 10.7 Å². The monoisotopic (exact) mass is 447 g/mol. The number of nitrogens with one attached hydrogen (secondary N) is 1. The molecule has 162 valence electrons. The molecule has 0 saturated carbocycles. The second-order valence-electron chi connectivity index (χ2n) is 6.99. The van der Waals surface area contributed by atoms with Crippen LogP contribution in [0.2, 0.25) is 0 Å². The molecule has 1 aliphatic heterocycles. The summed E-state index contributed by atoms with van der Waals surface area (Å²) in [7, 11) is 1.41. The number of ether oxygens (including phenoxy) is 2. The van der Waals surface area contributed by atoms with E-state index in [2.05, 4.69) is 21.2 Å². The van der Waals surface area contributed by atoms with Crippen molar-refractivity contribution in [3.8, 4) is 5.75 Å². The summed E-state index contributed by atoms with van der Waals surface area (Å²) in [5.74, 6) is 0.594. The topological polar surface area (TPSA) is 54.0 Å². The molecule has 2 heterocycles. The van der Waals surface area contributed by atoms with Crippen molar-refractivity contribution in [2.45, 2.75) is 27.2 Å². The maximum absolute atomic E-state index is 12.3. The van der Waals surface area contributed by atoms with E-state index in [0.717, 1.165) is 59.5 Å². The van der Waals surface area contributed by atoms with Gasteiger partial charge in [-0.3, -0.25) is 0 Å². The number of anilines is 2. The molecule has 1 saturated heterocycles. The molecule has 1 fully saturated rings. The first-order chi connectivity index (χ1) is 14.5. The Hall–Kier alpha value is -2.32. The second kappa shape index (κ2) is 10.1. The van der Waals surface area contributed by atoms with Gasteiger partial charge in [0, 0.05) is 31.1 Å². The molecule has 6 nitrogen and oxygen atoms in total. The number of esters is 1. The highest BCUT2D eigenvalue weighted by molar-refractivity contribution is 7.80. The lowest BCUT2D eigenvalue weighted by Gasteiger charge is -2.37. The van der Waals surface area contributed by atoms with E-state index in [1.165, 1.54) is 7.11 Å². The summed E-state index contributed by atoms with van der Waals surface area (Å²) in [6.07, 6.45) is 0.777. The first-order valence-corrected chi connectivity index (χ1v) is 11.5. The molecule has 2 aromatic rings. The van der Waals surface area contributed by atoms with Crippen molar-refractivity contribution in [1.82, 2.24) is 4.90 Å². The average Bonchev–Trinajstić information content (AvgIpc) is 3.08. The first kappa shape index (κ1) is 22.4. The summed E-state index contributed by atoms with van der Waals surface area (Å²) in [6, 6.07) is 8.14. The van der Waals surface area contributed by atoms with Crippen LogP contribution in [-0.2, 0) is 11.2 Å². The summed E-state index contributed by atoms with van der Waals surface area (Å²) in [4.78, 5) is 17.9. The molecule has 0 atom stereocenters. The van der Waals surface area contributed by atoms with Crippen molar-refractivity contribution in [2.75, 3.05) is 50.1 Å². The number of thiocarbonyl (C=S) groups is 1. The Kier molecular flexibility index (Phi) is 7.55. The standard InChI is InChI=1S/C22H29N3O3S2/c1-5-16-15(3)30-20(19(16)21(26)27-4)23-22(29)25-13-11-24(12-14-25)17-9-7-8-10-18(17)28-6-2/h7-10H,5-6,11-14H2,1-4H3,(H,23,29). The van der Waals surface area contributed by atoms with Gasteiger partial charge in [0.1, 0.15) is 10.8 Å². The van der Waals surface area contributed by atoms with Gasteiger partial charge in [0.05, 0.1) is 25.0 Å². The summed E-state index contributed by atoms with van der Waals surface area (Å²) in [6.45, 7) is 10.0. The third-order valence-electron chi connectivity index (χ3n) is 5.25. The number of para-hydroxylation sites is 2. The number of hydrogen-bond donors (Lipinski definition) is 1. The lowest BCUT2D eigenvalue weighted by Crippen LogP contribution is -2.50. The van der Waals surface area contributed by atoms with Crippen molar-refractivity contribution in [2.24, 2.45) is 0 Å². The van der Waals surface area contributed by atoms with Gasteiger partial charge < -0.3 is 24.6 Å². The predicted octanol–water partition coefficient (Wildman–Crippen LogP) is 4.32. The van der Waals surface area contributed by atoms with Crippen LogP contribution in [0.1, 0.15) is 34.6 Å². The van der Waals surface area contributed by atoms with Gasteiger partial charge in [-0.15, -0.1) is 11.3 Å². The molecular formula is C22H29N3O3S2. The van der Waals surface area contributed by atoms with Gasteiger partial charge >= 0.3 is 5.97 Å². The van der Waals surface area contributed by atoms with Crippen LogP contribution >= 0.6 is 23.6 Å². The molecule has 0 spiro atoms. The number of nitrogens with zero attached hydrogens (tertiary/aromatic N) is 2. The number of carbonyl (C=O) groups is 1. The second-order valence-corrected chi connectivity index (χ2v) is 8.60. The van der Waals surface area contributed by atoms with Crippen LogP contribution in [0.3, 0.4) is 0 Å². The zero-order valence-electron chi connectivity index (χ0n) is 18.0. The fraction of sp³-hybridized carbons (Fsp3) is 0.455. The molecule has 0 bridgehead atoms. The van der Waals surface area contributed by atoms with Crippen LogP contribution in [0.5, 0.6) is 5.75 Å². The molecule has 0 aliphatic carbocycles. The summed E-state index contributed by atoms with van der Waals surface area (Å²) in [5, 5.41) is 4.72. The van der Waals surface area contributed by atoms with Crippen LogP contribution in [0.15, 0.2) is 24.3 Å². The Labute approximate surface area is 187 Å². The van der Waals surface area contributed by atoms with E-state index in [1.807, 2.05) is 39.0 Å². The minimum absolute atomic E-state index is 0.321. The molecule has 1 aliphatic rings. The third-order valence-corrected chi connectivity index (χ3v) is 6.67. The van der Waals surface area contributed by atoms with Gasteiger partial charge in [0.15, 0.2) is 5.11 Å². The van der Waals surface area contributed by atoms with Gasteiger partial charge in [-0.1, -0.05) is 19.1 Å². The molecule has 0 amide bonds. The zero-order valence-corrected chi connectivity index (χ0v) is 19.6. The fourth-order valence-electron chi connectivity index (χ4n) is 3.73. The summed E-state index contributed by atoms with van der Waals surface area (Å²) < 4.78 is 10.8.